The number of amides is 1. The van der Waals surface area contributed by atoms with Gasteiger partial charge in [0.2, 0.25) is 0 Å². The summed E-state index contributed by atoms with van der Waals surface area (Å²) in [5.74, 6) is -0.274. The van der Waals surface area contributed by atoms with Gasteiger partial charge in [0.25, 0.3) is 11.6 Å². The molecule has 2 heterocycles. The highest BCUT2D eigenvalue weighted by atomic mass is 16.5. The maximum Gasteiger partial charge on any atom is 0.259 e. The van der Waals surface area contributed by atoms with Crippen molar-refractivity contribution in [2.45, 2.75) is 13.3 Å². The lowest BCUT2D eigenvalue weighted by Gasteiger charge is -2.09. The molecule has 4 rings (SSSR count). The van der Waals surface area contributed by atoms with Gasteiger partial charge in [-0.1, -0.05) is 47.6 Å². The minimum absolute atomic E-state index is 0.274. The number of rotatable bonds is 4. The average molecular weight is 368 g/mol. The predicted octanol–water partition coefficient (Wildman–Crippen LogP) is 4.52. The summed E-state index contributed by atoms with van der Waals surface area (Å²) in [4.78, 5) is 17.5. The fourth-order valence-electron chi connectivity index (χ4n) is 3.03. The summed E-state index contributed by atoms with van der Waals surface area (Å²) in [5, 5.41) is 16.2. The second kappa shape index (κ2) is 7.33. The Labute approximate surface area is 161 Å². The molecule has 0 aliphatic rings. The zero-order valence-electron chi connectivity index (χ0n) is 15.1. The Balaban J connectivity index is 1.73. The molecule has 1 N–H and O–H groups in total. The number of pyridine rings is 1. The third-order valence-corrected chi connectivity index (χ3v) is 4.43. The maximum absolute atomic E-state index is 13.0. The lowest BCUT2D eigenvalue weighted by atomic mass is 10.0. The third-order valence-electron chi connectivity index (χ3n) is 4.43. The van der Waals surface area contributed by atoms with Crippen LogP contribution in [0, 0.1) is 18.3 Å². The van der Waals surface area contributed by atoms with Gasteiger partial charge in [-0.2, -0.15) is 5.26 Å². The van der Waals surface area contributed by atoms with Crippen LogP contribution in [0.15, 0.2) is 65.2 Å². The van der Waals surface area contributed by atoms with Crippen LogP contribution in [0.2, 0.25) is 0 Å². The molecule has 0 unspecified atom stereocenters. The fourth-order valence-corrected chi connectivity index (χ4v) is 3.03. The molecule has 0 aliphatic carbocycles. The molecule has 6 heteroatoms. The first-order chi connectivity index (χ1) is 13.7. The summed E-state index contributed by atoms with van der Waals surface area (Å²) in [5.41, 5.74) is 4.45. The highest BCUT2D eigenvalue weighted by Crippen LogP contribution is 2.27. The number of benzene rings is 2. The molecule has 0 radical (unpaired) electrons. The smallest absolute Gasteiger partial charge is 0.259 e. The lowest BCUT2D eigenvalue weighted by Crippen LogP contribution is -2.13. The van der Waals surface area contributed by atoms with Crippen molar-refractivity contribution < 1.29 is 9.32 Å². The molecule has 28 heavy (non-hydrogen) atoms. The SMILES string of the molecule is Cc1noc2nc(-c3ccccc3)cc(C(=O)Nc3ccc(CC#N)cc3)c12. The average Bonchev–Trinajstić information content (AvgIpc) is 3.10. The molecule has 6 nitrogen and oxygen atoms in total. The first-order valence-electron chi connectivity index (χ1n) is 8.75. The summed E-state index contributed by atoms with van der Waals surface area (Å²) in [6, 6.07) is 20.6. The molecule has 2 aromatic heterocycles. The number of nitrogens with one attached hydrogen (secondary N) is 1. The summed E-state index contributed by atoms with van der Waals surface area (Å²) in [7, 11) is 0. The van der Waals surface area contributed by atoms with Crippen LogP contribution < -0.4 is 5.32 Å². The van der Waals surface area contributed by atoms with Crippen LogP contribution in [-0.4, -0.2) is 16.0 Å². The molecular formula is C22H16N4O2. The molecule has 2 aromatic carbocycles. The number of anilines is 1. The summed E-state index contributed by atoms with van der Waals surface area (Å²) < 4.78 is 5.32. The fraction of sp³-hybridized carbons (Fsp3) is 0.0909. The van der Waals surface area contributed by atoms with E-state index in [0.29, 0.717) is 40.2 Å². The largest absolute Gasteiger partial charge is 0.335 e. The number of nitriles is 1. The van der Waals surface area contributed by atoms with Crippen LogP contribution in [0.5, 0.6) is 0 Å². The van der Waals surface area contributed by atoms with Crippen molar-refractivity contribution in [3.8, 4) is 17.3 Å². The molecule has 0 saturated carbocycles. The van der Waals surface area contributed by atoms with Gasteiger partial charge in [0.05, 0.1) is 34.8 Å². The summed E-state index contributed by atoms with van der Waals surface area (Å²) in [6.45, 7) is 1.78. The number of carbonyl (C=O) groups excluding carboxylic acids is 1. The van der Waals surface area contributed by atoms with Crippen LogP contribution in [0.3, 0.4) is 0 Å². The number of aryl methyl sites for hydroxylation is 1. The van der Waals surface area contributed by atoms with Crippen molar-refractivity contribution in [1.82, 2.24) is 10.1 Å². The molecule has 0 atom stereocenters. The topological polar surface area (TPSA) is 91.8 Å². The molecule has 4 aromatic rings. The van der Waals surface area contributed by atoms with E-state index in [9.17, 15) is 4.79 Å². The van der Waals surface area contributed by atoms with Gasteiger partial charge in [0.15, 0.2) is 0 Å². The highest BCUT2D eigenvalue weighted by molar-refractivity contribution is 6.13. The molecule has 0 fully saturated rings. The Hall–Kier alpha value is -3.98. The van der Waals surface area contributed by atoms with Gasteiger partial charge in [-0.15, -0.1) is 0 Å². The Bertz CT molecular complexity index is 1190. The maximum atomic E-state index is 13.0. The van der Waals surface area contributed by atoms with Crippen molar-refractivity contribution in [1.29, 1.82) is 5.26 Å². The monoisotopic (exact) mass is 368 g/mol. The summed E-state index contributed by atoms with van der Waals surface area (Å²) in [6.07, 6.45) is 0.333. The van der Waals surface area contributed by atoms with E-state index in [1.807, 2.05) is 42.5 Å². The first-order valence-corrected chi connectivity index (χ1v) is 8.75. The van der Waals surface area contributed by atoms with Gasteiger partial charge < -0.3 is 9.84 Å². The second-order valence-corrected chi connectivity index (χ2v) is 6.36. The number of nitrogens with zero attached hydrogens (tertiary/aromatic N) is 3. The van der Waals surface area contributed by atoms with Crippen molar-refractivity contribution in [3.05, 3.63) is 77.5 Å². The van der Waals surface area contributed by atoms with Crippen molar-refractivity contribution in [2.75, 3.05) is 5.32 Å². The van der Waals surface area contributed by atoms with Gasteiger partial charge in [0, 0.05) is 11.3 Å². The second-order valence-electron chi connectivity index (χ2n) is 6.36. The van der Waals surface area contributed by atoms with E-state index in [1.165, 1.54) is 0 Å². The molecule has 0 bridgehead atoms. The lowest BCUT2D eigenvalue weighted by molar-refractivity contribution is 0.102. The number of hydrogen-bond acceptors (Lipinski definition) is 5. The van der Waals surface area contributed by atoms with Gasteiger partial charge >= 0.3 is 0 Å². The number of hydrogen-bond donors (Lipinski definition) is 1. The molecule has 0 aliphatic heterocycles. The van der Waals surface area contributed by atoms with Crippen LogP contribution in [-0.2, 0) is 6.42 Å². The third kappa shape index (κ3) is 3.33. The van der Waals surface area contributed by atoms with E-state index in [1.54, 1.807) is 25.1 Å². The zero-order valence-corrected chi connectivity index (χ0v) is 15.1. The Morgan fingerprint density at radius 3 is 2.61 bits per heavy atom. The predicted molar refractivity (Wildman–Crippen MR) is 106 cm³/mol. The van der Waals surface area contributed by atoms with E-state index in [0.717, 1.165) is 11.1 Å². The van der Waals surface area contributed by atoms with Crippen LogP contribution in [0.4, 0.5) is 5.69 Å². The van der Waals surface area contributed by atoms with Gasteiger partial charge in [0.1, 0.15) is 0 Å². The van der Waals surface area contributed by atoms with Crippen molar-refractivity contribution >= 4 is 22.7 Å². The molecular weight excluding hydrogens is 352 g/mol. The van der Waals surface area contributed by atoms with E-state index in [4.69, 9.17) is 9.78 Å². The van der Waals surface area contributed by atoms with Crippen molar-refractivity contribution in [2.24, 2.45) is 0 Å². The molecule has 1 amide bonds. The quantitative estimate of drug-likeness (QED) is 0.572. The van der Waals surface area contributed by atoms with Gasteiger partial charge in [-0.3, -0.25) is 4.79 Å². The Morgan fingerprint density at radius 1 is 1.14 bits per heavy atom. The zero-order chi connectivity index (χ0) is 19.5. The molecule has 136 valence electrons. The minimum Gasteiger partial charge on any atom is -0.335 e. The molecule has 0 saturated heterocycles. The van der Waals surface area contributed by atoms with Gasteiger partial charge in [-0.05, 0) is 30.7 Å². The number of aromatic nitrogens is 2. The molecule has 0 spiro atoms. The van der Waals surface area contributed by atoms with E-state index >= 15 is 0 Å². The number of fused-ring (bicyclic) bond motifs is 1. The Kier molecular flexibility index (Phi) is 4.56. The minimum atomic E-state index is -0.274. The van der Waals surface area contributed by atoms with Crippen LogP contribution in [0.1, 0.15) is 21.6 Å². The van der Waals surface area contributed by atoms with Crippen LogP contribution in [0.25, 0.3) is 22.4 Å². The van der Waals surface area contributed by atoms with Crippen LogP contribution >= 0.6 is 0 Å². The van der Waals surface area contributed by atoms with Crippen molar-refractivity contribution in [3.63, 3.8) is 0 Å². The highest BCUT2D eigenvalue weighted by Gasteiger charge is 2.19. The van der Waals surface area contributed by atoms with Gasteiger partial charge in [-0.25, -0.2) is 4.98 Å². The Morgan fingerprint density at radius 2 is 1.89 bits per heavy atom. The first kappa shape index (κ1) is 17.4. The van der Waals surface area contributed by atoms with E-state index < -0.39 is 0 Å². The number of carbonyl (C=O) groups is 1. The van der Waals surface area contributed by atoms with E-state index in [-0.39, 0.29) is 5.91 Å². The summed E-state index contributed by atoms with van der Waals surface area (Å²) >= 11 is 0. The normalized spacial score (nSPS) is 10.6. The van der Waals surface area contributed by atoms with E-state index in [2.05, 4.69) is 21.5 Å². The standard InChI is InChI=1S/C22H16N4O2/c1-14-20-18(21(27)24-17-9-7-15(8-10-17)11-12-23)13-19(25-22(20)28-26-14)16-5-3-2-4-6-16/h2-10,13H,11H2,1H3,(H,24,27).